The fourth-order valence-corrected chi connectivity index (χ4v) is 0.225. The van der Waals surface area contributed by atoms with Gasteiger partial charge in [-0.25, -0.2) is 8.78 Å². The predicted octanol–water partition coefficient (Wildman–Crippen LogP) is 0.847. The molecule has 0 radical (unpaired) electrons. The second-order valence-electron chi connectivity index (χ2n) is 1.28. The third-order valence-electron chi connectivity index (χ3n) is 0.604. The van der Waals surface area contributed by atoms with Gasteiger partial charge in [0.05, 0.1) is 0 Å². The molecule has 4 heteroatoms. The molecular formula is C4H8F2N2. The summed E-state index contributed by atoms with van der Waals surface area (Å²) in [7, 11) is 1.48. The zero-order valence-electron chi connectivity index (χ0n) is 4.78. The van der Waals surface area contributed by atoms with Gasteiger partial charge in [0.1, 0.15) is 5.71 Å². The first-order valence-corrected chi connectivity index (χ1v) is 2.17. The minimum Gasteiger partial charge on any atom is -0.313 e. The van der Waals surface area contributed by atoms with E-state index in [1.165, 1.54) is 14.0 Å². The SMILES string of the molecule is CN/N=C(\C)C(F)F. The molecule has 1 N–H and O–H groups in total. The molecule has 0 aliphatic rings. The lowest BCUT2D eigenvalue weighted by molar-refractivity contribution is 0.224. The summed E-state index contributed by atoms with van der Waals surface area (Å²) >= 11 is 0. The van der Waals surface area contributed by atoms with E-state index in [9.17, 15) is 8.78 Å². The molecule has 0 aromatic carbocycles. The van der Waals surface area contributed by atoms with E-state index in [1.807, 2.05) is 0 Å². The van der Waals surface area contributed by atoms with Crippen molar-refractivity contribution >= 4 is 5.71 Å². The second-order valence-corrected chi connectivity index (χ2v) is 1.28. The summed E-state index contributed by atoms with van der Waals surface area (Å²) in [4.78, 5) is 0. The Balaban J connectivity index is 3.61. The molecule has 0 aromatic rings. The van der Waals surface area contributed by atoms with Crippen LogP contribution in [0.25, 0.3) is 0 Å². The highest BCUT2D eigenvalue weighted by Gasteiger charge is 2.04. The minimum atomic E-state index is -2.44. The van der Waals surface area contributed by atoms with Crippen molar-refractivity contribution in [3.8, 4) is 0 Å². The maximum atomic E-state index is 11.4. The van der Waals surface area contributed by atoms with Crippen LogP contribution in [0.1, 0.15) is 6.92 Å². The third-order valence-corrected chi connectivity index (χ3v) is 0.604. The van der Waals surface area contributed by atoms with Crippen molar-refractivity contribution in [2.75, 3.05) is 7.05 Å². The van der Waals surface area contributed by atoms with Gasteiger partial charge < -0.3 is 5.43 Å². The lowest BCUT2D eigenvalue weighted by Crippen LogP contribution is -2.09. The number of hydrogen-bond acceptors (Lipinski definition) is 2. The van der Waals surface area contributed by atoms with Gasteiger partial charge in [0.2, 0.25) is 0 Å². The summed E-state index contributed by atoms with van der Waals surface area (Å²) in [5, 5.41) is 3.24. The molecule has 2 nitrogen and oxygen atoms in total. The van der Waals surface area contributed by atoms with E-state index in [1.54, 1.807) is 0 Å². The van der Waals surface area contributed by atoms with Crippen molar-refractivity contribution in [2.24, 2.45) is 5.10 Å². The van der Waals surface area contributed by atoms with Crippen LogP contribution in [0, 0.1) is 0 Å². The summed E-state index contributed by atoms with van der Waals surface area (Å²) in [6.07, 6.45) is -2.44. The third kappa shape index (κ3) is 2.49. The van der Waals surface area contributed by atoms with Crippen LogP contribution in [0.4, 0.5) is 8.78 Å². The molecule has 0 unspecified atom stereocenters. The Morgan fingerprint density at radius 2 is 2.12 bits per heavy atom. The quantitative estimate of drug-likeness (QED) is 0.426. The average molecular weight is 122 g/mol. The lowest BCUT2D eigenvalue weighted by Gasteiger charge is -1.94. The van der Waals surface area contributed by atoms with E-state index >= 15 is 0 Å². The first-order valence-electron chi connectivity index (χ1n) is 2.17. The summed E-state index contributed by atoms with van der Waals surface area (Å²) in [6.45, 7) is 1.27. The highest BCUT2D eigenvalue weighted by atomic mass is 19.3. The van der Waals surface area contributed by atoms with Crippen molar-refractivity contribution in [1.82, 2.24) is 5.43 Å². The van der Waals surface area contributed by atoms with Crippen molar-refractivity contribution in [3.63, 3.8) is 0 Å². The summed E-state index contributed by atoms with van der Waals surface area (Å²) in [6, 6.07) is 0. The first-order chi connectivity index (χ1) is 3.68. The number of rotatable bonds is 2. The van der Waals surface area contributed by atoms with Crippen molar-refractivity contribution in [1.29, 1.82) is 0 Å². The standard InChI is InChI=1S/C4H8F2N2/c1-3(4(5)6)8-7-2/h4,7H,1-2H3/b8-3+. The minimum absolute atomic E-state index is 0.187. The zero-order chi connectivity index (χ0) is 6.57. The number of alkyl halides is 2. The maximum absolute atomic E-state index is 11.4. The van der Waals surface area contributed by atoms with Crippen LogP contribution in [-0.4, -0.2) is 19.2 Å². The first kappa shape index (κ1) is 7.33. The topological polar surface area (TPSA) is 24.4 Å². The molecule has 0 saturated carbocycles. The fourth-order valence-electron chi connectivity index (χ4n) is 0.225. The van der Waals surface area contributed by atoms with E-state index in [0.29, 0.717) is 0 Å². The van der Waals surface area contributed by atoms with Crippen molar-refractivity contribution in [2.45, 2.75) is 13.3 Å². The predicted molar refractivity (Wildman–Crippen MR) is 28.2 cm³/mol. The molecule has 0 fully saturated rings. The van der Waals surface area contributed by atoms with Gasteiger partial charge >= 0.3 is 0 Å². The monoisotopic (exact) mass is 122 g/mol. The van der Waals surface area contributed by atoms with E-state index in [2.05, 4.69) is 10.5 Å². The van der Waals surface area contributed by atoms with Gasteiger partial charge in [0.15, 0.2) is 0 Å². The number of hydrogen-bond donors (Lipinski definition) is 1. The number of halogens is 2. The zero-order valence-corrected chi connectivity index (χ0v) is 4.78. The van der Waals surface area contributed by atoms with Gasteiger partial charge in [0.25, 0.3) is 6.43 Å². The highest BCUT2D eigenvalue weighted by molar-refractivity contribution is 5.84. The maximum Gasteiger partial charge on any atom is 0.278 e. The molecule has 0 aliphatic heterocycles. The molecule has 48 valence electrons. The molecular weight excluding hydrogens is 114 g/mol. The van der Waals surface area contributed by atoms with Crippen molar-refractivity contribution in [3.05, 3.63) is 0 Å². The summed E-state index contributed by atoms with van der Waals surface area (Å²) in [5.74, 6) is 0. The van der Waals surface area contributed by atoms with Crippen LogP contribution in [0.5, 0.6) is 0 Å². The van der Waals surface area contributed by atoms with Gasteiger partial charge in [0, 0.05) is 7.05 Å². The van der Waals surface area contributed by atoms with Gasteiger partial charge in [-0.3, -0.25) is 0 Å². The molecule has 8 heavy (non-hydrogen) atoms. The van der Waals surface area contributed by atoms with Crippen LogP contribution in [0.3, 0.4) is 0 Å². The van der Waals surface area contributed by atoms with Crippen molar-refractivity contribution < 1.29 is 8.78 Å². The molecule has 0 aliphatic carbocycles. The van der Waals surface area contributed by atoms with Crippen LogP contribution >= 0.6 is 0 Å². The van der Waals surface area contributed by atoms with E-state index < -0.39 is 6.43 Å². The molecule has 0 spiro atoms. The van der Waals surface area contributed by atoms with E-state index in [4.69, 9.17) is 0 Å². The Kier molecular flexibility index (Phi) is 3.07. The Morgan fingerprint density at radius 1 is 1.62 bits per heavy atom. The highest BCUT2D eigenvalue weighted by Crippen LogP contribution is 1.93. The van der Waals surface area contributed by atoms with Crippen LogP contribution in [-0.2, 0) is 0 Å². The smallest absolute Gasteiger partial charge is 0.278 e. The van der Waals surface area contributed by atoms with Crippen LogP contribution < -0.4 is 5.43 Å². The Labute approximate surface area is 46.6 Å². The number of nitrogens with one attached hydrogen (secondary N) is 1. The van der Waals surface area contributed by atoms with Gasteiger partial charge in [-0.15, -0.1) is 0 Å². The van der Waals surface area contributed by atoms with E-state index in [0.717, 1.165) is 0 Å². The summed E-state index contributed by atoms with van der Waals surface area (Å²) < 4.78 is 22.9. The molecule has 0 rings (SSSR count). The molecule has 0 atom stereocenters. The van der Waals surface area contributed by atoms with Crippen LogP contribution in [0.15, 0.2) is 5.10 Å². The Hall–Kier alpha value is -0.670. The summed E-state index contributed by atoms with van der Waals surface area (Å²) in [5.41, 5.74) is 2.07. The average Bonchev–Trinajstić information content (AvgIpc) is 1.67. The Morgan fingerprint density at radius 3 is 2.25 bits per heavy atom. The molecule has 0 heterocycles. The Bertz CT molecular complexity index is 90.0. The normalized spacial score (nSPS) is 12.4. The number of hydrazone groups is 1. The van der Waals surface area contributed by atoms with Crippen LogP contribution in [0.2, 0.25) is 0 Å². The largest absolute Gasteiger partial charge is 0.313 e. The molecule has 0 bridgehead atoms. The lowest BCUT2D eigenvalue weighted by atomic mass is 10.5. The molecule has 0 amide bonds. The number of nitrogens with zero attached hydrogens (tertiary/aromatic N) is 1. The fraction of sp³-hybridized carbons (Fsp3) is 0.750. The molecule has 0 aromatic heterocycles. The van der Waals surface area contributed by atoms with Gasteiger partial charge in [-0.2, -0.15) is 5.10 Å². The van der Waals surface area contributed by atoms with Gasteiger partial charge in [-0.05, 0) is 6.92 Å². The molecule has 0 saturated heterocycles. The van der Waals surface area contributed by atoms with E-state index in [-0.39, 0.29) is 5.71 Å². The second kappa shape index (κ2) is 3.35. The van der Waals surface area contributed by atoms with Gasteiger partial charge in [-0.1, -0.05) is 0 Å².